The Labute approximate surface area is 183 Å². The molecule has 1 N–H and O–H groups in total. The highest BCUT2D eigenvalue weighted by molar-refractivity contribution is 6.31. The number of carbonyl (C=O) groups is 1. The van der Waals surface area contributed by atoms with Gasteiger partial charge in [-0.3, -0.25) is 9.59 Å². The lowest BCUT2D eigenvalue weighted by Gasteiger charge is -2.18. The molecule has 1 amide bonds. The van der Waals surface area contributed by atoms with Gasteiger partial charge in [0.2, 0.25) is 5.88 Å². The van der Waals surface area contributed by atoms with Gasteiger partial charge in [-0.05, 0) is 36.8 Å². The number of pyridine rings is 1. The van der Waals surface area contributed by atoms with Gasteiger partial charge in [0.25, 0.3) is 11.5 Å². The van der Waals surface area contributed by atoms with Crippen LogP contribution in [0, 0.1) is 0 Å². The van der Waals surface area contributed by atoms with Gasteiger partial charge in [-0.25, -0.2) is 9.97 Å². The van der Waals surface area contributed by atoms with E-state index in [9.17, 15) is 9.59 Å². The van der Waals surface area contributed by atoms with Crippen molar-refractivity contribution in [2.75, 3.05) is 27.3 Å². The molecule has 1 atom stereocenters. The Morgan fingerprint density at radius 1 is 1.23 bits per heavy atom. The molecule has 9 heteroatoms. The highest BCUT2D eigenvalue weighted by Crippen LogP contribution is 2.31. The molecule has 31 heavy (non-hydrogen) atoms. The van der Waals surface area contributed by atoms with Crippen molar-refractivity contribution in [3.8, 4) is 22.9 Å². The third-order valence-corrected chi connectivity index (χ3v) is 5.49. The molecule has 2 aromatic heterocycles. The van der Waals surface area contributed by atoms with E-state index < -0.39 is 0 Å². The van der Waals surface area contributed by atoms with Gasteiger partial charge in [0, 0.05) is 36.3 Å². The molecule has 0 aliphatic carbocycles. The van der Waals surface area contributed by atoms with Gasteiger partial charge in [0.1, 0.15) is 11.6 Å². The van der Waals surface area contributed by atoms with E-state index in [1.54, 1.807) is 41.4 Å². The number of methoxy groups -OCH3 is 2. The van der Waals surface area contributed by atoms with E-state index in [0.29, 0.717) is 58.8 Å². The zero-order valence-electron chi connectivity index (χ0n) is 17.1. The van der Waals surface area contributed by atoms with Crippen LogP contribution in [-0.2, 0) is 0 Å². The fourth-order valence-electron chi connectivity index (χ4n) is 3.74. The molecule has 3 heterocycles. The third-order valence-electron chi connectivity index (χ3n) is 5.25. The Morgan fingerprint density at radius 2 is 2.06 bits per heavy atom. The predicted molar refractivity (Wildman–Crippen MR) is 116 cm³/mol. The molecule has 1 saturated heterocycles. The molecule has 4 rings (SSSR count). The molecule has 1 aromatic carbocycles. The number of halogens is 1. The number of hydrogen-bond acceptors (Lipinski definition) is 6. The number of nitrogens with zero attached hydrogens (tertiary/aromatic N) is 3. The summed E-state index contributed by atoms with van der Waals surface area (Å²) >= 11 is 6.08. The van der Waals surface area contributed by atoms with E-state index in [1.165, 1.54) is 20.3 Å². The van der Waals surface area contributed by atoms with Gasteiger partial charge in [-0.2, -0.15) is 0 Å². The number of rotatable bonds is 5. The molecule has 0 spiro atoms. The van der Waals surface area contributed by atoms with Crippen LogP contribution in [0.15, 0.2) is 47.4 Å². The van der Waals surface area contributed by atoms with Crippen LogP contribution in [0.3, 0.4) is 0 Å². The van der Waals surface area contributed by atoms with Crippen molar-refractivity contribution in [3.05, 3.63) is 69.4 Å². The molecule has 0 saturated carbocycles. The highest BCUT2D eigenvalue weighted by atomic mass is 35.5. The van der Waals surface area contributed by atoms with Gasteiger partial charge >= 0.3 is 0 Å². The van der Waals surface area contributed by atoms with Crippen molar-refractivity contribution in [2.45, 2.75) is 12.3 Å². The van der Waals surface area contributed by atoms with Crippen molar-refractivity contribution >= 4 is 17.5 Å². The maximum Gasteiger partial charge on any atom is 0.257 e. The van der Waals surface area contributed by atoms with Gasteiger partial charge in [0.15, 0.2) is 0 Å². The minimum absolute atomic E-state index is 0.107. The van der Waals surface area contributed by atoms with Gasteiger partial charge < -0.3 is 19.4 Å². The standard InChI is InChI=1S/C22H21ClN4O4/c1-30-18-6-5-14(23)10-16(18)22(29)27-9-7-13(12-27)20-25-17(11-19(28)26-20)15-4-3-8-24-21(15)31-2/h3-6,8,10-11,13H,7,9,12H2,1-2H3,(H,25,26,28). The average molecular weight is 441 g/mol. The van der Waals surface area contributed by atoms with E-state index in [1.807, 2.05) is 0 Å². The van der Waals surface area contributed by atoms with Crippen LogP contribution >= 0.6 is 11.6 Å². The summed E-state index contributed by atoms with van der Waals surface area (Å²) in [4.78, 5) is 38.8. The van der Waals surface area contributed by atoms with Gasteiger partial charge in [-0.1, -0.05) is 11.6 Å². The number of amides is 1. The number of nitrogens with one attached hydrogen (secondary N) is 1. The van der Waals surface area contributed by atoms with E-state index in [2.05, 4.69) is 15.0 Å². The molecule has 1 fully saturated rings. The molecule has 1 unspecified atom stereocenters. The summed E-state index contributed by atoms with van der Waals surface area (Å²) in [6.45, 7) is 0.953. The zero-order chi connectivity index (χ0) is 22.0. The minimum atomic E-state index is -0.271. The Hall–Kier alpha value is -3.39. The summed E-state index contributed by atoms with van der Waals surface area (Å²) in [6.07, 6.45) is 2.28. The predicted octanol–water partition coefficient (Wildman–Crippen LogP) is 3.13. The maximum absolute atomic E-state index is 13.1. The minimum Gasteiger partial charge on any atom is -0.496 e. The van der Waals surface area contributed by atoms with E-state index in [0.717, 1.165) is 0 Å². The van der Waals surface area contributed by atoms with Crippen LogP contribution in [0.4, 0.5) is 0 Å². The number of H-pyrrole nitrogens is 1. The second-order valence-electron chi connectivity index (χ2n) is 7.16. The number of carbonyl (C=O) groups excluding carboxylic acids is 1. The van der Waals surface area contributed by atoms with Crippen LogP contribution in [-0.4, -0.2) is 53.1 Å². The SMILES string of the molecule is COc1ccc(Cl)cc1C(=O)N1CCC(c2nc(-c3cccnc3OC)cc(=O)[nH]2)C1. The second kappa shape index (κ2) is 8.77. The van der Waals surface area contributed by atoms with Crippen LogP contribution in [0.2, 0.25) is 5.02 Å². The summed E-state index contributed by atoms with van der Waals surface area (Å²) in [5.41, 5.74) is 1.25. The summed E-state index contributed by atoms with van der Waals surface area (Å²) < 4.78 is 10.6. The number of aromatic nitrogens is 3. The largest absolute Gasteiger partial charge is 0.496 e. The van der Waals surface area contributed by atoms with Crippen LogP contribution in [0.1, 0.15) is 28.5 Å². The monoisotopic (exact) mass is 440 g/mol. The smallest absolute Gasteiger partial charge is 0.257 e. The first-order valence-electron chi connectivity index (χ1n) is 9.73. The van der Waals surface area contributed by atoms with Crippen LogP contribution in [0.5, 0.6) is 11.6 Å². The Balaban J connectivity index is 1.60. The molecule has 0 bridgehead atoms. The maximum atomic E-state index is 13.1. The summed E-state index contributed by atoms with van der Waals surface area (Å²) in [7, 11) is 3.03. The van der Waals surface area contributed by atoms with E-state index in [-0.39, 0.29) is 17.4 Å². The lowest BCUT2D eigenvalue weighted by molar-refractivity contribution is 0.0787. The molecule has 1 aliphatic rings. The van der Waals surface area contributed by atoms with Crippen molar-refractivity contribution in [1.82, 2.24) is 19.9 Å². The lowest BCUT2D eigenvalue weighted by atomic mass is 10.1. The molecular formula is C22H21ClN4O4. The lowest BCUT2D eigenvalue weighted by Crippen LogP contribution is -2.29. The summed E-state index contributed by atoms with van der Waals surface area (Å²) in [5.74, 6) is 1.11. The first-order valence-corrected chi connectivity index (χ1v) is 10.1. The Kier molecular flexibility index (Phi) is 5.90. The molecule has 160 valence electrons. The third kappa shape index (κ3) is 4.25. The molecule has 1 aliphatic heterocycles. The molecule has 0 radical (unpaired) electrons. The number of ether oxygens (including phenoxy) is 2. The number of likely N-dealkylation sites (tertiary alicyclic amines) is 1. The zero-order valence-corrected chi connectivity index (χ0v) is 17.8. The average Bonchev–Trinajstić information content (AvgIpc) is 3.28. The number of aromatic amines is 1. The quantitative estimate of drug-likeness (QED) is 0.654. The Bertz CT molecular complexity index is 1180. The van der Waals surface area contributed by atoms with Crippen molar-refractivity contribution in [2.24, 2.45) is 0 Å². The fraction of sp³-hybridized carbons (Fsp3) is 0.273. The fourth-order valence-corrected chi connectivity index (χ4v) is 3.91. The van der Waals surface area contributed by atoms with E-state index >= 15 is 0 Å². The van der Waals surface area contributed by atoms with Crippen molar-refractivity contribution < 1.29 is 14.3 Å². The van der Waals surface area contributed by atoms with Gasteiger partial charge in [-0.15, -0.1) is 0 Å². The second-order valence-corrected chi connectivity index (χ2v) is 7.59. The first kappa shape index (κ1) is 20.9. The summed E-state index contributed by atoms with van der Waals surface area (Å²) in [6, 6.07) is 9.93. The number of hydrogen-bond donors (Lipinski definition) is 1. The van der Waals surface area contributed by atoms with E-state index in [4.69, 9.17) is 21.1 Å². The molecular weight excluding hydrogens is 420 g/mol. The molecule has 3 aromatic rings. The van der Waals surface area contributed by atoms with Gasteiger partial charge in [0.05, 0.1) is 31.0 Å². The summed E-state index contributed by atoms with van der Waals surface area (Å²) in [5, 5.41) is 0.462. The Morgan fingerprint density at radius 3 is 2.84 bits per heavy atom. The highest BCUT2D eigenvalue weighted by Gasteiger charge is 2.31. The number of benzene rings is 1. The van der Waals surface area contributed by atoms with Crippen LogP contribution in [0.25, 0.3) is 11.3 Å². The first-order chi connectivity index (χ1) is 15.0. The normalized spacial score (nSPS) is 15.7. The topological polar surface area (TPSA) is 97.4 Å². The van der Waals surface area contributed by atoms with Crippen molar-refractivity contribution in [3.63, 3.8) is 0 Å². The van der Waals surface area contributed by atoms with Crippen molar-refractivity contribution in [1.29, 1.82) is 0 Å². The van der Waals surface area contributed by atoms with Crippen LogP contribution < -0.4 is 15.0 Å². The molecule has 8 nitrogen and oxygen atoms in total.